The van der Waals surface area contributed by atoms with Gasteiger partial charge in [0, 0.05) is 11.8 Å². The van der Waals surface area contributed by atoms with E-state index in [1.807, 2.05) is 20.8 Å². The number of hydrogen-bond donors (Lipinski definition) is 1. The van der Waals surface area contributed by atoms with Gasteiger partial charge in [-0.1, -0.05) is 46.5 Å². The Balaban J connectivity index is 3.07. The van der Waals surface area contributed by atoms with Gasteiger partial charge in [0.2, 0.25) is 0 Å². The van der Waals surface area contributed by atoms with Crippen molar-refractivity contribution in [2.24, 2.45) is 11.3 Å². The predicted molar refractivity (Wildman–Crippen MR) is 67.1 cm³/mol. The van der Waals surface area contributed by atoms with Crippen LogP contribution in [0.15, 0.2) is 17.0 Å². The Morgan fingerprint density at radius 2 is 2.06 bits per heavy atom. The molecule has 0 saturated carbocycles. The molecule has 0 aliphatic rings. The standard InChI is InChI=1S/C14H21NO2/c1-11(2)7-6-8-14(16,13(3,4)5)12-9-15-10-17-12/h9-11,16H,7H2,1-5H3. The summed E-state index contributed by atoms with van der Waals surface area (Å²) in [5, 5.41) is 10.7. The molecular weight excluding hydrogens is 214 g/mol. The van der Waals surface area contributed by atoms with Crippen LogP contribution in [0.3, 0.4) is 0 Å². The van der Waals surface area contributed by atoms with Gasteiger partial charge in [-0.25, -0.2) is 4.98 Å². The van der Waals surface area contributed by atoms with Crippen LogP contribution in [-0.4, -0.2) is 10.1 Å². The van der Waals surface area contributed by atoms with E-state index in [9.17, 15) is 5.11 Å². The maximum Gasteiger partial charge on any atom is 0.190 e. The summed E-state index contributed by atoms with van der Waals surface area (Å²) >= 11 is 0. The lowest BCUT2D eigenvalue weighted by Crippen LogP contribution is -2.38. The SMILES string of the molecule is CC(C)CC#CC(O)(c1cnco1)C(C)(C)C. The van der Waals surface area contributed by atoms with Gasteiger partial charge in [0.15, 0.2) is 17.8 Å². The van der Waals surface area contributed by atoms with Gasteiger partial charge in [0.1, 0.15) is 0 Å². The third-order valence-corrected chi connectivity index (χ3v) is 2.65. The van der Waals surface area contributed by atoms with Crippen molar-refractivity contribution in [2.75, 3.05) is 0 Å². The van der Waals surface area contributed by atoms with E-state index in [-0.39, 0.29) is 0 Å². The summed E-state index contributed by atoms with van der Waals surface area (Å²) in [5.74, 6) is 6.87. The Morgan fingerprint density at radius 1 is 1.41 bits per heavy atom. The monoisotopic (exact) mass is 235 g/mol. The lowest BCUT2D eigenvalue weighted by Gasteiger charge is -2.33. The molecule has 0 amide bonds. The van der Waals surface area contributed by atoms with E-state index in [2.05, 4.69) is 30.7 Å². The van der Waals surface area contributed by atoms with Gasteiger partial charge >= 0.3 is 0 Å². The lowest BCUT2D eigenvalue weighted by molar-refractivity contribution is -0.0268. The lowest BCUT2D eigenvalue weighted by atomic mass is 9.75. The highest BCUT2D eigenvalue weighted by Gasteiger charge is 2.43. The Morgan fingerprint density at radius 3 is 2.47 bits per heavy atom. The highest BCUT2D eigenvalue weighted by Crippen LogP contribution is 2.38. The van der Waals surface area contributed by atoms with Gasteiger partial charge < -0.3 is 9.52 Å². The molecule has 1 aromatic heterocycles. The van der Waals surface area contributed by atoms with Crippen LogP contribution < -0.4 is 0 Å². The number of aliphatic hydroxyl groups is 1. The number of oxazole rings is 1. The Hall–Kier alpha value is -1.27. The molecule has 0 aliphatic carbocycles. The van der Waals surface area contributed by atoms with E-state index >= 15 is 0 Å². The summed E-state index contributed by atoms with van der Waals surface area (Å²) in [6.45, 7) is 9.98. The largest absolute Gasteiger partial charge is 0.444 e. The maximum atomic E-state index is 10.7. The first-order valence-corrected chi connectivity index (χ1v) is 5.89. The molecule has 0 radical (unpaired) electrons. The van der Waals surface area contributed by atoms with E-state index in [4.69, 9.17) is 4.42 Å². The Kier molecular flexibility index (Phi) is 4.00. The summed E-state index contributed by atoms with van der Waals surface area (Å²) in [5.41, 5.74) is -1.73. The van der Waals surface area contributed by atoms with E-state index in [1.165, 1.54) is 12.6 Å². The number of rotatable bonds is 2. The van der Waals surface area contributed by atoms with Crippen LogP contribution >= 0.6 is 0 Å². The van der Waals surface area contributed by atoms with Gasteiger partial charge in [-0.2, -0.15) is 0 Å². The molecule has 0 saturated heterocycles. The Labute approximate surface area is 103 Å². The van der Waals surface area contributed by atoms with Gasteiger partial charge in [-0.3, -0.25) is 0 Å². The third kappa shape index (κ3) is 3.10. The molecule has 3 heteroatoms. The van der Waals surface area contributed by atoms with Crippen molar-refractivity contribution in [1.82, 2.24) is 4.98 Å². The molecule has 0 spiro atoms. The van der Waals surface area contributed by atoms with Crippen molar-refractivity contribution in [2.45, 2.75) is 46.6 Å². The number of aromatic nitrogens is 1. The molecule has 1 rings (SSSR count). The van der Waals surface area contributed by atoms with Gasteiger partial charge in [-0.15, -0.1) is 0 Å². The third-order valence-electron chi connectivity index (χ3n) is 2.65. The fourth-order valence-corrected chi connectivity index (χ4v) is 1.40. The average molecular weight is 235 g/mol. The van der Waals surface area contributed by atoms with E-state index in [0.29, 0.717) is 11.7 Å². The summed E-state index contributed by atoms with van der Waals surface area (Å²) in [7, 11) is 0. The van der Waals surface area contributed by atoms with Gasteiger partial charge in [0.05, 0.1) is 6.20 Å². The first-order chi connectivity index (χ1) is 7.77. The normalized spacial score (nSPS) is 15.2. The predicted octanol–water partition coefficient (Wildman–Crippen LogP) is 2.96. The zero-order valence-corrected chi connectivity index (χ0v) is 11.2. The van der Waals surface area contributed by atoms with E-state index in [1.54, 1.807) is 0 Å². The summed E-state index contributed by atoms with van der Waals surface area (Å²) in [6.07, 6.45) is 3.60. The van der Waals surface area contributed by atoms with Crippen LogP contribution in [0.2, 0.25) is 0 Å². The molecule has 0 aromatic carbocycles. The number of hydrogen-bond acceptors (Lipinski definition) is 3. The van der Waals surface area contributed by atoms with E-state index < -0.39 is 11.0 Å². The second kappa shape index (κ2) is 4.93. The van der Waals surface area contributed by atoms with Crippen molar-refractivity contribution in [3.63, 3.8) is 0 Å². The van der Waals surface area contributed by atoms with Crippen LogP contribution in [0.25, 0.3) is 0 Å². The van der Waals surface area contributed by atoms with Crippen LogP contribution in [0.1, 0.15) is 46.8 Å². The van der Waals surface area contributed by atoms with Crippen LogP contribution in [0, 0.1) is 23.2 Å². The number of nitrogens with zero attached hydrogens (tertiary/aromatic N) is 1. The van der Waals surface area contributed by atoms with Gasteiger partial charge in [-0.05, 0) is 5.92 Å². The first-order valence-electron chi connectivity index (χ1n) is 5.89. The van der Waals surface area contributed by atoms with E-state index in [0.717, 1.165) is 6.42 Å². The molecule has 3 nitrogen and oxygen atoms in total. The van der Waals surface area contributed by atoms with Crippen molar-refractivity contribution < 1.29 is 9.52 Å². The molecule has 1 atom stereocenters. The molecular formula is C14H21NO2. The average Bonchev–Trinajstić information content (AvgIpc) is 2.67. The van der Waals surface area contributed by atoms with Crippen molar-refractivity contribution in [1.29, 1.82) is 0 Å². The smallest absolute Gasteiger partial charge is 0.190 e. The zero-order valence-electron chi connectivity index (χ0n) is 11.2. The topological polar surface area (TPSA) is 46.3 Å². The molecule has 1 heterocycles. The van der Waals surface area contributed by atoms with Crippen molar-refractivity contribution in [3.8, 4) is 11.8 Å². The minimum absolute atomic E-state index is 0.404. The second-order valence-electron chi connectivity index (χ2n) is 5.73. The highest BCUT2D eigenvalue weighted by molar-refractivity contribution is 5.26. The minimum atomic E-state index is -1.29. The fourth-order valence-electron chi connectivity index (χ4n) is 1.40. The van der Waals surface area contributed by atoms with Crippen LogP contribution in [0.4, 0.5) is 0 Å². The molecule has 1 aromatic rings. The molecule has 94 valence electrons. The molecule has 1 N–H and O–H groups in total. The zero-order chi connectivity index (χ0) is 13.1. The quantitative estimate of drug-likeness (QED) is 0.802. The minimum Gasteiger partial charge on any atom is -0.444 e. The summed E-state index contributed by atoms with van der Waals surface area (Å²) in [4.78, 5) is 3.85. The van der Waals surface area contributed by atoms with Crippen LogP contribution in [-0.2, 0) is 5.60 Å². The first kappa shape index (κ1) is 13.8. The summed E-state index contributed by atoms with van der Waals surface area (Å²) < 4.78 is 5.22. The molecule has 0 fully saturated rings. The molecule has 17 heavy (non-hydrogen) atoms. The van der Waals surface area contributed by atoms with Crippen molar-refractivity contribution in [3.05, 3.63) is 18.4 Å². The fraction of sp³-hybridized carbons (Fsp3) is 0.643. The molecule has 1 unspecified atom stereocenters. The molecule has 0 aliphatic heterocycles. The molecule has 0 bridgehead atoms. The van der Waals surface area contributed by atoms with Crippen molar-refractivity contribution >= 4 is 0 Å². The van der Waals surface area contributed by atoms with Crippen LogP contribution in [0.5, 0.6) is 0 Å². The highest BCUT2D eigenvalue weighted by atomic mass is 16.4. The van der Waals surface area contributed by atoms with Gasteiger partial charge in [0.25, 0.3) is 0 Å². The summed E-state index contributed by atoms with van der Waals surface area (Å²) in [6, 6.07) is 0. The maximum absolute atomic E-state index is 10.7. The Bertz CT molecular complexity index is 404. The second-order valence-corrected chi connectivity index (χ2v) is 5.73.